The quantitative estimate of drug-likeness (QED) is 0.480. The third-order valence-electron chi connectivity index (χ3n) is 3.92. The van der Waals surface area contributed by atoms with E-state index in [1.54, 1.807) is 25.1 Å². The van der Waals surface area contributed by atoms with Crippen molar-refractivity contribution in [1.29, 1.82) is 0 Å². The Morgan fingerprint density at radius 3 is 2.82 bits per heavy atom. The summed E-state index contributed by atoms with van der Waals surface area (Å²) in [5.41, 5.74) is 0.307. The molecule has 2 heterocycles. The van der Waals surface area contributed by atoms with Crippen LogP contribution in [0.5, 0.6) is 0 Å². The third kappa shape index (κ3) is 4.14. The first-order valence-corrected chi connectivity index (χ1v) is 9.43. The van der Waals surface area contributed by atoms with Gasteiger partial charge in [-0.1, -0.05) is 29.8 Å². The van der Waals surface area contributed by atoms with Gasteiger partial charge in [0.05, 0.1) is 17.0 Å². The van der Waals surface area contributed by atoms with Gasteiger partial charge in [0.15, 0.2) is 5.82 Å². The number of rotatable bonds is 6. The van der Waals surface area contributed by atoms with Gasteiger partial charge in [-0.2, -0.15) is 0 Å². The fraction of sp³-hybridized carbons (Fsp3) is 0.211. The first-order chi connectivity index (χ1) is 13.4. The maximum absolute atomic E-state index is 13.8. The van der Waals surface area contributed by atoms with Crippen LogP contribution in [0.2, 0.25) is 0 Å². The number of nitrogens with zero attached hydrogens (tertiary/aromatic N) is 1. The number of carbonyl (C=O) groups excluding carboxylic acids is 1. The van der Waals surface area contributed by atoms with Crippen LogP contribution in [0.25, 0.3) is 21.3 Å². The standard InChI is InChI=1S/C19H16ClFN2O4S/c1-10-14-17(24)22-16(12(20)9-11-5-3-4-6-13(11)21)23-18(14)28-15(10)19(25)27-8-7-26-2/h3-6,9H,7-8H2,1-2H3,(H,22,23,24)/b12-9-. The van der Waals surface area contributed by atoms with Crippen LogP contribution in [-0.4, -0.2) is 36.3 Å². The van der Waals surface area contributed by atoms with Crippen molar-refractivity contribution in [2.75, 3.05) is 20.3 Å². The van der Waals surface area contributed by atoms with E-state index in [-0.39, 0.29) is 34.5 Å². The summed E-state index contributed by atoms with van der Waals surface area (Å²) in [5.74, 6) is -0.911. The van der Waals surface area contributed by atoms with E-state index in [0.29, 0.717) is 15.8 Å². The van der Waals surface area contributed by atoms with Crippen molar-refractivity contribution in [3.05, 3.63) is 62.3 Å². The molecule has 0 bridgehead atoms. The Kier molecular flexibility index (Phi) is 6.23. The van der Waals surface area contributed by atoms with Crippen LogP contribution >= 0.6 is 22.9 Å². The topological polar surface area (TPSA) is 81.3 Å². The van der Waals surface area contributed by atoms with Crippen molar-refractivity contribution < 1.29 is 18.7 Å². The van der Waals surface area contributed by atoms with E-state index < -0.39 is 17.3 Å². The van der Waals surface area contributed by atoms with Crippen LogP contribution in [0.3, 0.4) is 0 Å². The number of methoxy groups -OCH3 is 1. The molecule has 0 atom stereocenters. The molecular weight excluding hydrogens is 407 g/mol. The summed E-state index contributed by atoms with van der Waals surface area (Å²) in [6.07, 6.45) is 1.38. The molecule has 0 fully saturated rings. The molecule has 0 amide bonds. The number of aromatic nitrogens is 2. The number of esters is 1. The smallest absolute Gasteiger partial charge is 0.348 e. The van der Waals surface area contributed by atoms with Crippen LogP contribution in [0.4, 0.5) is 4.39 Å². The Bertz CT molecular complexity index is 1120. The average Bonchev–Trinajstić information content (AvgIpc) is 3.01. The number of halogens is 2. The predicted molar refractivity (Wildman–Crippen MR) is 107 cm³/mol. The van der Waals surface area contributed by atoms with E-state index in [1.165, 1.54) is 19.3 Å². The summed E-state index contributed by atoms with van der Waals surface area (Å²) >= 11 is 7.28. The lowest BCUT2D eigenvalue weighted by molar-refractivity contribution is 0.0393. The Morgan fingerprint density at radius 1 is 1.36 bits per heavy atom. The van der Waals surface area contributed by atoms with Gasteiger partial charge < -0.3 is 14.5 Å². The number of carbonyl (C=O) groups is 1. The Balaban J connectivity index is 2.00. The van der Waals surface area contributed by atoms with Crippen molar-refractivity contribution in [2.45, 2.75) is 6.92 Å². The molecule has 1 N–H and O–H groups in total. The molecule has 0 spiro atoms. The van der Waals surface area contributed by atoms with Crippen molar-refractivity contribution in [3.8, 4) is 0 Å². The van der Waals surface area contributed by atoms with Gasteiger partial charge in [0.1, 0.15) is 22.1 Å². The molecule has 146 valence electrons. The zero-order valence-corrected chi connectivity index (χ0v) is 16.6. The zero-order chi connectivity index (χ0) is 20.3. The number of hydrogen-bond donors (Lipinski definition) is 1. The molecule has 0 aliphatic heterocycles. The van der Waals surface area contributed by atoms with Gasteiger partial charge in [-0.05, 0) is 24.6 Å². The molecule has 0 unspecified atom stereocenters. The SMILES string of the molecule is COCCOC(=O)c1sc2nc(/C(Cl)=C/c3ccccc3F)[nH]c(=O)c2c1C. The molecule has 1 aromatic carbocycles. The normalized spacial score (nSPS) is 11.8. The Morgan fingerprint density at radius 2 is 2.11 bits per heavy atom. The van der Waals surface area contributed by atoms with Crippen LogP contribution in [-0.2, 0) is 9.47 Å². The highest BCUT2D eigenvalue weighted by molar-refractivity contribution is 7.20. The van der Waals surface area contributed by atoms with E-state index in [9.17, 15) is 14.0 Å². The Hall–Kier alpha value is -2.55. The van der Waals surface area contributed by atoms with Crippen LogP contribution in [0.1, 0.15) is 26.6 Å². The first-order valence-electron chi connectivity index (χ1n) is 8.24. The van der Waals surface area contributed by atoms with E-state index >= 15 is 0 Å². The number of thiophene rings is 1. The lowest BCUT2D eigenvalue weighted by Gasteiger charge is -2.02. The lowest BCUT2D eigenvalue weighted by Crippen LogP contribution is -2.11. The zero-order valence-electron chi connectivity index (χ0n) is 15.0. The van der Waals surface area contributed by atoms with Gasteiger partial charge in [0, 0.05) is 12.7 Å². The molecule has 0 radical (unpaired) electrons. The second kappa shape index (κ2) is 8.64. The molecule has 3 rings (SSSR count). The summed E-state index contributed by atoms with van der Waals surface area (Å²) < 4.78 is 23.8. The minimum absolute atomic E-state index is 0.0689. The van der Waals surface area contributed by atoms with Gasteiger partial charge in [-0.3, -0.25) is 4.79 Å². The summed E-state index contributed by atoms with van der Waals surface area (Å²) in [6.45, 7) is 2.03. The van der Waals surface area contributed by atoms with Gasteiger partial charge in [-0.25, -0.2) is 14.2 Å². The fourth-order valence-electron chi connectivity index (χ4n) is 2.53. The van der Waals surface area contributed by atoms with E-state index in [4.69, 9.17) is 21.1 Å². The van der Waals surface area contributed by atoms with Gasteiger partial charge in [-0.15, -0.1) is 11.3 Å². The molecule has 6 nitrogen and oxygen atoms in total. The molecule has 0 saturated carbocycles. The number of H-pyrrole nitrogens is 1. The summed E-state index contributed by atoms with van der Waals surface area (Å²) in [7, 11) is 1.50. The third-order valence-corrected chi connectivity index (χ3v) is 5.37. The largest absolute Gasteiger partial charge is 0.459 e. The van der Waals surface area contributed by atoms with E-state index in [1.807, 2.05) is 0 Å². The minimum atomic E-state index is -0.550. The molecule has 2 aromatic heterocycles. The van der Waals surface area contributed by atoms with Crippen molar-refractivity contribution in [3.63, 3.8) is 0 Å². The number of benzene rings is 1. The summed E-state index contributed by atoms with van der Waals surface area (Å²) in [6, 6.07) is 6.09. The maximum Gasteiger partial charge on any atom is 0.348 e. The van der Waals surface area contributed by atoms with E-state index in [0.717, 1.165) is 11.3 Å². The Labute approximate surface area is 168 Å². The number of aryl methyl sites for hydroxylation is 1. The number of hydrogen-bond acceptors (Lipinski definition) is 6. The first kappa shape index (κ1) is 20.2. The predicted octanol–water partition coefficient (Wildman–Crippen LogP) is 3.97. The second-order valence-electron chi connectivity index (χ2n) is 5.79. The summed E-state index contributed by atoms with van der Waals surface area (Å²) in [4.78, 5) is 32.3. The highest BCUT2D eigenvalue weighted by atomic mass is 35.5. The van der Waals surface area contributed by atoms with Crippen LogP contribution in [0, 0.1) is 12.7 Å². The molecule has 3 aromatic rings. The second-order valence-corrected chi connectivity index (χ2v) is 7.20. The summed E-state index contributed by atoms with van der Waals surface area (Å²) in [5, 5.41) is 0.363. The van der Waals surface area contributed by atoms with Crippen molar-refractivity contribution >= 4 is 50.2 Å². The highest BCUT2D eigenvalue weighted by Gasteiger charge is 2.21. The highest BCUT2D eigenvalue weighted by Crippen LogP contribution is 2.29. The maximum atomic E-state index is 13.8. The average molecular weight is 423 g/mol. The van der Waals surface area contributed by atoms with E-state index in [2.05, 4.69) is 9.97 Å². The van der Waals surface area contributed by atoms with Crippen molar-refractivity contribution in [2.24, 2.45) is 0 Å². The van der Waals surface area contributed by atoms with Gasteiger partial charge in [0.2, 0.25) is 0 Å². The lowest BCUT2D eigenvalue weighted by atomic mass is 10.2. The van der Waals surface area contributed by atoms with Gasteiger partial charge in [0.25, 0.3) is 5.56 Å². The van der Waals surface area contributed by atoms with Crippen molar-refractivity contribution in [1.82, 2.24) is 9.97 Å². The fourth-order valence-corrected chi connectivity index (χ4v) is 3.81. The van der Waals surface area contributed by atoms with Crippen LogP contribution < -0.4 is 5.56 Å². The van der Waals surface area contributed by atoms with Gasteiger partial charge >= 0.3 is 5.97 Å². The molecule has 0 aliphatic carbocycles. The molecular formula is C19H16ClFN2O4S. The number of nitrogens with one attached hydrogen (secondary N) is 1. The number of aromatic amines is 1. The molecule has 0 saturated heterocycles. The number of ether oxygens (including phenoxy) is 2. The monoisotopic (exact) mass is 422 g/mol. The molecule has 28 heavy (non-hydrogen) atoms. The minimum Gasteiger partial charge on any atom is -0.459 e. The number of fused-ring (bicyclic) bond motifs is 1. The van der Waals surface area contributed by atoms with Crippen LogP contribution in [0.15, 0.2) is 29.1 Å². The molecule has 9 heteroatoms. The molecule has 0 aliphatic rings.